The van der Waals surface area contributed by atoms with Crippen molar-refractivity contribution in [3.8, 4) is 0 Å². The van der Waals surface area contributed by atoms with Crippen molar-refractivity contribution in [1.82, 2.24) is 0 Å². The van der Waals surface area contributed by atoms with Crippen LogP contribution in [0.5, 0.6) is 0 Å². The van der Waals surface area contributed by atoms with Gasteiger partial charge in [0.1, 0.15) is 10.6 Å². The summed E-state index contributed by atoms with van der Waals surface area (Å²) in [7, 11) is 1.05. The molecule has 0 N–H and O–H groups in total. The number of nitrogens with zero attached hydrogens (tertiary/aromatic N) is 1. The van der Waals surface area contributed by atoms with E-state index in [0.29, 0.717) is 0 Å². The molecule has 0 radical (unpaired) electrons. The van der Waals surface area contributed by atoms with Gasteiger partial charge in [-0.2, -0.15) is 0 Å². The van der Waals surface area contributed by atoms with Gasteiger partial charge in [0.05, 0.1) is 10.0 Å². The predicted molar refractivity (Wildman–Crippen MR) is 55.0 cm³/mol. The molecule has 8 heteroatoms. The van der Waals surface area contributed by atoms with Crippen molar-refractivity contribution in [2.75, 3.05) is 0 Å². The van der Waals surface area contributed by atoms with Crippen molar-refractivity contribution in [3.05, 3.63) is 27.1 Å². The van der Waals surface area contributed by atoms with Crippen molar-refractivity contribution in [3.63, 3.8) is 0 Å². The first-order valence-corrected chi connectivity index (χ1v) is 6.20. The summed E-state index contributed by atoms with van der Waals surface area (Å²) < 4.78 is 21.9. The maximum atomic E-state index is 10.9. The van der Waals surface area contributed by atoms with Crippen molar-refractivity contribution in [2.24, 2.45) is 5.18 Å². The van der Waals surface area contributed by atoms with Gasteiger partial charge in [-0.25, -0.2) is 8.42 Å². The second kappa shape index (κ2) is 4.02. The highest BCUT2D eigenvalue weighted by Crippen LogP contribution is 2.34. The van der Waals surface area contributed by atoms with Crippen LogP contribution in [0.25, 0.3) is 0 Å². The first kappa shape index (κ1) is 11.7. The topological polar surface area (TPSA) is 63.6 Å². The Kier molecular flexibility index (Phi) is 3.36. The smallest absolute Gasteiger partial charge is 0.207 e. The molecule has 1 rings (SSSR count). The normalized spacial score (nSPS) is 11.4. The number of nitroso groups, excluding NO2 is 1. The summed E-state index contributed by atoms with van der Waals surface area (Å²) in [4.78, 5) is 9.81. The van der Waals surface area contributed by atoms with Crippen LogP contribution in [0.3, 0.4) is 0 Å². The van der Waals surface area contributed by atoms with E-state index >= 15 is 0 Å². The Morgan fingerprint density at radius 2 is 1.71 bits per heavy atom. The Bertz CT molecular complexity index is 485. The van der Waals surface area contributed by atoms with Crippen LogP contribution in [-0.4, -0.2) is 8.42 Å². The Balaban J connectivity index is 3.55. The van der Waals surface area contributed by atoms with Crippen LogP contribution in [0.1, 0.15) is 0 Å². The number of rotatable bonds is 2. The molecule has 0 aliphatic carbocycles. The Hall–Kier alpha value is -0.360. The van der Waals surface area contributed by atoms with E-state index in [1.807, 2.05) is 0 Å². The van der Waals surface area contributed by atoms with Crippen LogP contribution in [0.2, 0.25) is 10.0 Å². The molecule has 0 heterocycles. The van der Waals surface area contributed by atoms with Gasteiger partial charge in [0, 0.05) is 10.7 Å². The highest BCUT2D eigenvalue weighted by atomic mass is 35.7. The second-order valence-corrected chi connectivity index (χ2v) is 5.61. The minimum absolute atomic E-state index is 0.0333. The molecule has 0 aromatic heterocycles. The van der Waals surface area contributed by atoms with Crippen LogP contribution < -0.4 is 0 Å². The Labute approximate surface area is 94.2 Å². The molecule has 76 valence electrons. The van der Waals surface area contributed by atoms with Crippen molar-refractivity contribution >= 4 is 48.6 Å². The van der Waals surface area contributed by atoms with Gasteiger partial charge in [0.15, 0.2) is 0 Å². The fourth-order valence-electron chi connectivity index (χ4n) is 0.775. The third-order valence-corrected chi connectivity index (χ3v) is 3.45. The molecule has 14 heavy (non-hydrogen) atoms. The molecule has 1 aromatic rings. The monoisotopic (exact) mass is 273 g/mol. The predicted octanol–water partition coefficient (Wildman–Crippen LogP) is 3.32. The molecule has 0 spiro atoms. The van der Waals surface area contributed by atoms with Crippen molar-refractivity contribution in [1.29, 1.82) is 0 Å². The van der Waals surface area contributed by atoms with Crippen molar-refractivity contribution in [2.45, 2.75) is 4.90 Å². The summed E-state index contributed by atoms with van der Waals surface area (Å²) in [5, 5.41) is 2.33. The quantitative estimate of drug-likeness (QED) is 0.614. The van der Waals surface area contributed by atoms with Crippen LogP contribution in [0, 0.1) is 4.91 Å². The van der Waals surface area contributed by atoms with E-state index in [-0.39, 0.29) is 20.6 Å². The molecule has 0 saturated heterocycles. The van der Waals surface area contributed by atoms with Crippen LogP contribution >= 0.6 is 33.9 Å². The summed E-state index contributed by atoms with van der Waals surface area (Å²) in [6.07, 6.45) is 0. The summed E-state index contributed by atoms with van der Waals surface area (Å²) in [5.41, 5.74) is -0.227. The minimum Gasteiger partial charge on any atom is -0.207 e. The molecule has 4 nitrogen and oxygen atoms in total. The van der Waals surface area contributed by atoms with Gasteiger partial charge >= 0.3 is 0 Å². The van der Waals surface area contributed by atoms with E-state index in [1.165, 1.54) is 0 Å². The van der Waals surface area contributed by atoms with Crippen LogP contribution in [0.15, 0.2) is 22.2 Å². The minimum atomic E-state index is -4.00. The lowest BCUT2D eigenvalue weighted by Gasteiger charge is -2.01. The Morgan fingerprint density at radius 3 is 2.14 bits per heavy atom. The maximum Gasteiger partial charge on any atom is 0.262 e. The van der Waals surface area contributed by atoms with E-state index in [1.54, 1.807) is 0 Å². The third-order valence-electron chi connectivity index (χ3n) is 1.36. The highest BCUT2D eigenvalue weighted by Gasteiger charge is 2.17. The molecular formula is C6H2Cl3NO3S. The molecule has 0 unspecified atom stereocenters. The first-order valence-electron chi connectivity index (χ1n) is 3.13. The fraction of sp³-hybridized carbons (Fsp3) is 0. The molecule has 0 saturated carbocycles. The lowest BCUT2D eigenvalue weighted by Crippen LogP contribution is -1.91. The summed E-state index contributed by atoms with van der Waals surface area (Å²) in [6, 6.07) is 2.01. The molecule has 1 aromatic carbocycles. The van der Waals surface area contributed by atoms with E-state index in [4.69, 9.17) is 33.9 Å². The molecule has 0 aliphatic heterocycles. The molecule has 0 fully saturated rings. The van der Waals surface area contributed by atoms with E-state index < -0.39 is 9.05 Å². The second-order valence-electron chi connectivity index (χ2n) is 2.26. The molecule has 0 amide bonds. The van der Waals surface area contributed by atoms with E-state index in [9.17, 15) is 13.3 Å². The maximum absolute atomic E-state index is 10.9. The summed E-state index contributed by atoms with van der Waals surface area (Å²) in [5.74, 6) is 0. The molecular weight excluding hydrogens is 272 g/mol. The fourth-order valence-corrected chi connectivity index (χ4v) is 2.54. The number of halogens is 3. The summed E-state index contributed by atoms with van der Waals surface area (Å²) >= 11 is 11.1. The van der Waals surface area contributed by atoms with Gasteiger partial charge in [0.25, 0.3) is 9.05 Å². The molecule has 0 bridgehead atoms. The largest absolute Gasteiger partial charge is 0.262 e. The summed E-state index contributed by atoms with van der Waals surface area (Å²) in [6.45, 7) is 0. The number of hydrogen-bond donors (Lipinski definition) is 0. The lowest BCUT2D eigenvalue weighted by atomic mass is 10.3. The Morgan fingerprint density at radius 1 is 1.14 bits per heavy atom. The van der Waals surface area contributed by atoms with Gasteiger partial charge in [0.2, 0.25) is 0 Å². The number of hydrogen-bond acceptors (Lipinski definition) is 4. The zero-order valence-electron chi connectivity index (χ0n) is 6.37. The van der Waals surface area contributed by atoms with Gasteiger partial charge in [-0.15, -0.1) is 4.91 Å². The van der Waals surface area contributed by atoms with E-state index in [2.05, 4.69) is 5.18 Å². The van der Waals surface area contributed by atoms with Gasteiger partial charge in [-0.1, -0.05) is 23.2 Å². The standard InChI is InChI=1S/C6H2Cl3NO3S/c7-3-1-4(8)6(14(9,12)13)2-5(3)10-11/h1-2H. The molecule has 0 atom stereocenters. The zero-order chi connectivity index (χ0) is 10.9. The van der Waals surface area contributed by atoms with Gasteiger partial charge < -0.3 is 0 Å². The zero-order valence-corrected chi connectivity index (χ0v) is 9.45. The van der Waals surface area contributed by atoms with Crippen molar-refractivity contribution < 1.29 is 8.42 Å². The highest BCUT2D eigenvalue weighted by molar-refractivity contribution is 8.13. The average Bonchev–Trinajstić information content (AvgIpc) is 2.02. The third kappa shape index (κ3) is 2.36. The number of benzene rings is 1. The lowest BCUT2D eigenvalue weighted by molar-refractivity contribution is 0.609. The van der Waals surface area contributed by atoms with Crippen LogP contribution in [0.4, 0.5) is 5.69 Å². The van der Waals surface area contributed by atoms with Gasteiger partial charge in [-0.3, -0.25) is 0 Å². The average molecular weight is 275 g/mol. The van der Waals surface area contributed by atoms with E-state index in [0.717, 1.165) is 12.1 Å². The van der Waals surface area contributed by atoms with Gasteiger partial charge in [-0.05, 0) is 17.3 Å². The first-order chi connectivity index (χ1) is 6.36. The molecule has 0 aliphatic rings. The van der Waals surface area contributed by atoms with Crippen LogP contribution in [-0.2, 0) is 9.05 Å². The SMILES string of the molecule is O=Nc1cc(S(=O)(=O)Cl)c(Cl)cc1Cl.